The number of carbonyl (C=O) groups excluding carboxylic acids is 3. The van der Waals surface area contributed by atoms with Crippen molar-refractivity contribution in [3.8, 4) is 0 Å². The smallest absolute Gasteiger partial charge is 0.257 e. The summed E-state index contributed by atoms with van der Waals surface area (Å²) in [6.07, 6.45) is -1.59. The summed E-state index contributed by atoms with van der Waals surface area (Å²) in [6, 6.07) is 10.3. The van der Waals surface area contributed by atoms with Crippen LogP contribution >= 0.6 is 11.8 Å². The number of amides is 3. The maximum absolute atomic E-state index is 14.1. The Morgan fingerprint density at radius 2 is 1.78 bits per heavy atom. The van der Waals surface area contributed by atoms with E-state index in [4.69, 9.17) is 4.52 Å². The largest absolute Gasteiger partial charge is 0.381 e. The molecule has 0 aliphatic carbocycles. The molecule has 2 heterocycles. The Kier molecular flexibility index (Phi) is 9.13. The van der Waals surface area contributed by atoms with E-state index in [0.717, 1.165) is 17.7 Å². The number of aliphatic hydroxyl groups is 1. The van der Waals surface area contributed by atoms with E-state index in [1.165, 1.54) is 22.7 Å². The Labute approximate surface area is 240 Å². The number of thioether (sulfide) groups is 1. The SMILES string of the molecule is Cc1noc(C)c1C(=O)NC(Cc1ccccc1)C(O)C(=O)N1CSC(C)(C)C1C(=O)NCc1c(F)cccc1F. The molecule has 9 nitrogen and oxygen atoms in total. The van der Waals surface area contributed by atoms with Crippen molar-refractivity contribution < 1.29 is 32.8 Å². The number of aromatic nitrogens is 1. The highest BCUT2D eigenvalue weighted by Gasteiger charge is 2.49. The van der Waals surface area contributed by atoms with Crippen molar-refractivity contribution in [1.82, 2.24) is 20.7 Å². The van der Waals surface area contributed by atoms with E-state index in [-0.39, 0.29) is 23.4 Å². The van der Waals surface area contributed by atoms with Gasteiger partial charge in [0.2, 0.25) is 5.91 Å². The lowest BCUT2D eigenvalue weighted by Gasteiger charge is -2.33. The zero-order chi connectivity index (χ0) is 29.9. The van der Waals surface area contributed by atoms with Crippen LogP contribution in [-0.4, -0.2) is 61.7 Å². The maximum atomic E-state index is 14.1. The molecule has 3 aromatic rings. The molecule has 218 valence electrons. The molecule has 41 heavy (non-hydrogen) atoms. The van der Waals surface area contributed by atoms with Gasteiger partial charge >= 0.3 is 0 Å². The van der Waals surface area contributed by atoms with Gasteiger partial charge in [-0.25, -0.2) is 8.78 Å². The highest BCUT2D eigenvalue weighted by molar-refractivity contribution is 8.00. The van der Waals surface area contributed by atoms with Crippen LogP contribution in [0, 0.1) is 25.5 Å². The monoisotopic (exact) mass is 586 g/mol. The zero-order valence-corrected chi connectivity index (χ0v) is 23.9. The van der Waals surface area contributed by atoms with E-state index in [0.29, 0.717) is 11.5 Å². The molecule has 3 unspecified atom stereocenters. The molecule has 1 saturated heterocycles. The topological polar surface area (TPSA) is 125 Å². The first-order valence-electron chi connectivity index (χ1n) is 13.0. The van der Waals surface area contributed by atoms with E-state index in [1.54, 1.807) is 52.0 Å². The minimum atomic E-state index is -1.71. The standard InChI is InChI=1S/C29H32F2N4O5S/c1-16-23(17(2)40-34-16)26(37)33-22(13-18-9-6-5-7-10-18)24(36)28(39)35-15-41-29(3,4)25(35)27(38)32-14-19-20(30)11-8-12-21(19)31/h5-12,22,24-25,36H,13-15H2,1-4H3,(H,32,38)(H,33,37). The van der Waals surface area contributed by atoms with Crippen LogP contribution in [0.3, 0.4) is 0 Å². The quantitative estimate of drug-likeness (QED) is 0.352. The molecule has 1 aliphatic rings. The van der Waals surface area contributed by atoms with Gasteiger partial charge in [0.05, 0.1) is 17.6 Å². The minimum Gasteiger partial charge on any atom is -0.381 e. The second kappa shape index (κ2) is 12.4. The zero-order valence-electron chi connectivity index (χ0n) is 23.1. The molecular formula is C29H32F2N4O5S. The van der Waals surface area contributed by atoms with Crippen LogP contribution in [0.4, 0.5) is 8.78 Å². The fourth-order valence-corrected chi connectivity index (χ4v) is 6.03. The van der Waals surface area contributed by atoms with Gasteiger partial charge in [-0.05, 0) is 51.8 Å². The molecule has 3 N–H and O–H groups in total. The molecule has 0 saturated carbocycles. The highest BCUT2D eigenvalue weighted by atomic mass is 32.2. The number of hydrogen-bond donors (Lipinski definition) is 3. The molecule has 3 amide bonds. The number of aliphatic hydroxyl groups excluding tert-OH is 1. The van der Waals surface area contributed by atoms with E-state index in [9.17, 15) is 28.3 Å². The van der Waals surface area contributed by atoms with Gasteiger partial charge in [-0.2, -0.15) is 0 Å². The van der Waals surface area contributed by atoms with Crippen LogP contribution in [0.2, 0.25) is 0 Å². The van der Waals surface area contributed by atoms with E-state index in [2.05, 4.69) is 15.8 Å². The Bertz CT molecular complexity index is 1390. The Morgan fingerprint density at radius 1 is 1.12 bits per heavy atom. The average molecular weight is 587 g/mol. The minimum absolute atomic E-state index is 0.0882. The average Bonchev–Trinajstić information content (AvgIpc) is 3.44. The third-order valence-corrected chi connectivity index (χ3v) is 8.46. The first-order chi connectivity index (χ1) is 19.4. The number of hydrogen-bond acceptors (Lipinski definition) is 7. The van der Waals surface area contributed by atoms with Gasteiger partial charge < -0.3 is 25.2 Å². The van der Waals surface area contributed by atoms with Crippen molar-refractivity contribution in [3.63, 3.8) is 0 Å². The number of aryl methyl sites for hydroxylation is 2. The van der Waals surface area contributed by atoms with E-state index >= 15 is 0 Å². The second-order valence-corrected chi connectivity index (χ2v) is 12.0. The Balaban J connectivity index is 1.56. The molecule has 1 aromatic heterocycles. The number of nitrogens with one attached hydrogen (secondary N) is 2. The lowest BCUT2D eigenvalue weighted by Crippen LogP contribution is -2.58. The fraction of sp³-hybridized carbons (Fsp3) is 0.379. The van der Waals surface area contributed by atoms with E-state index in [1.807, 2.05) is 6.07 Å². The predicted molar refractivity (Wildman–Crippen MR) is 149 cm³/mol. The molecule has 12 heteroatoms. The summed E-state index contributed by atoms with van der Waals surface area (Å²) in [7, 11) is 0. The number of halogens is 2. The summed E-state index contributed by atoms with van der Waals surface area (Å²) in [5.41, 5.74) is 1.03. The summed E-state index contributed by atoms with van der Waals surface area (Å²) in [6.45, 7) is 6.32. The lowest BCUT2D eigenvalue weighted by atomic mass is 9.96. The molecule has 0 radical (unpaired) electrons. The molecule has 3 atom stereocenters. The second-order valence-electron chi connectivity index (χ2n) is 10.4. The third-order valence-electron chi connectivity index (χ3n) is 7.09. The summed E-state index contributed by atoms with van der Waals surface area (Å²) in [5, 5.41) is 20.4. The Hall–Kier alpha value is -3.77. The van der Waals surface area contributed by atoms with Gasteiger partial charge in [0.15, 0.2) is 6.10 Å². The van der Waals surface area contributed by atoms with Gasteiger partial charge in [0, 0.05) is 16.9 Å². The van der Waals surface area contributed by atoms with Crippen molar-refractivity contribution in [2.24, 2.45) is 0 Å². The first-order valence-corrected chi connectivity index (χ1v) is 14.0. The molecule has 1 fully saturated rings. The highest BCUT2D eigenvalue weighted by Crippen LogP contribution is 2.40. The summed E-state index contributed by atoms with van der Waals surface area (Å²) in [4.78, 5) is 41.5. The summed E-state index contributed by atoms with van der Waals surface area (Å²) >= 11 is 1.33. The van der Waals surface area contributed by atoms with Gasteiger partial charge in [0.1, 0.15) is 29.0 Å². The molecular weight excluding hydrogens is 554 g/mol. The number of benzene rings is 2. The first kappa shape index (κ1) is 30.2. The van der Waals surface area contributed by atoms with Crippen LogP contribution in [0.15, 0.2) is 53.1 Å². The van der Waals surface area contributed by atoms with E-state index < -0.39 is 58.8 Å². The molecule has 0 spiro atoms. The summed E-state index contributed by atoms with van der Waals surface area (Å²) < 4.78 is 32.6. The van der Waals surface area contributed by atoms with Crippen molar-refractivity contribution in [2.45, 2.75) is 63.6 Å². The third kappa shape index (κ3) is 6.59. The Morgan fingerprint density at radius 3 is 2.39 bits per heavy atom. The van der Waals surface area contributed by atoms with Crippen LogP contribution in [0.25, 0.3) is 0 Å². The molecule has 4 rings (SSSR count). The van der Waals surface area contributed by atoms with Crippen LogP contribution in [0.5, 0.6) is 0 Å². The van der Waals surface area contributed by atoms with Crippen LogP contribution in [0.1, 0.15) is 46.8 Å². The molecule has 2 aromatic carbocycles. The molecule has 0 bridgehead atoms. The normalized spacial score (nSPS) is 17.6. The van der Waals surface area contributed by atoms with Gasteiger partial charge in [-0.15, -0.1) is 11.8 Å². The van der Waals surface area contributed by atoms with Gasteiger partial charge in [-0.3, -0.25) is 14.4 Å². The number of nitrogens with zero attached hydrogens (tertiary/aromatic N) is 2. The van der Waals surface area contributed by atoms with Crippen molar-refractivity contribution in [2.75, 3.05) is 5.88 Å². The van der Waals surface area contributed by atoms with Crippen LogP contribution in [-0.2, 0) is 22.6 Å². The summed E-state index contributed by atoms with van der Waals surface area (Å²) in [5.74, 6) is -3.17. The van der Waals surface area contributed by atoms with Crippen molar-refractivity contribution >= 4 is 29.5 Å². The molecule has 1 aliphatic heterocycles. The maximum Gasteiger partial charge on any atom is 0.257 e. The van der Waals surface area contributed by atoms with Gasteiger partial charge in [0.25, 0.3) is 11.8 Å². The number of rotatable bonds is 9. The van der Waals surface area contributed by atoms with Crippen molar-refractivity contribution in [3.05, 3.63) is 88.3 Å². The fourth-order valence-electron chi connectivity index (χ4n) is 4.89. The predicted octanol–water partition coefficient (Wildman–Crippen LogP) is 3.27. The van der Waals surface area contributed by atoms with Gasteiger partial charge in [-0.1, -0.05) is 41.6 Å². The lowest BCUT2D eigenvalue weighted by molar-refractivity contribution is -0.147. The number of carbonyl (C=O) groups is 3. The van der Waals surface area contributed by atoms with Crippen LogP contribution < -0.4 is 10.6 Å². The van der Waals surface area contributed by atoms with Crippen molar-refractivity contribution in [1.29, 1.82) is 0 Å².